The van der Waals surface area contributed by atoms with Crippen LogP contribution in [0.15, 0.2) is 53.4 Å². The van der Waals surface area contributed by atoms with Crippen LogP contribution in [0.5, 0.6) is 0 Å². The first-order valence-corrected chi connectivity index (χ1v) is 9.88. The van der Waals surface area contributed by atoms with Gasteiger partial charge >= 0.3 is 5.97 Å². The Labute approximate surface area is 157 Å². The average molecular weight is 367 g/mol. The molecule has 5 heteroatoms. The van der Waals surface area contributed by atoms with E-state index in [0.29, 0.717) is 19.6 Å². The third kappa shape index (κ3) is 3.01. The van der Waals surface area contributed by atoms with Crippen molar-refractivity contribution < 1.29 is 14.3 Å². The maximum atomic E-state index is 13.2. The first-order chi connectivity index (χ1) is 12.7. The van der Waals surface area contributed by atoms with E-state index in [4.69, 9.17) is 4.74 Å². The highest BCUT2D eigenvalue weighted by molar-refractivity contribution is 8.01. The molecule has 0 bridgehead atoms. The number of ether oxygens (including phenoxy) is 1. The average Bonchev–Trinajstić information content (AvgIpc) is 3.11. The zero-order valence-corrected chi connectivity index (χ0v) is 15.5. The summed E-state index contributed by atoms with van der Waals surface area (Å²) in [6, 6.07) is 15.9. The van der Waals surface area contributed by atoms with Crippen LogP contribution in [-0.2, 0) is 20.7 Å². The second-order valence-electron chi connectivity index (χ2n) is 6.56. The van der Waals surface area contributed by atoms with Crippen molar-refractivity contribution in [3.8, 4) is 0 Å². The van der Waals surface area contributed by atoms with Crippen molar-refractivity contribution in [2.45, 2.75) is 35.8 Å². The first kappa shape index (κ1) is 17.2. The van der Waals surface area contributed by atoms with Gasteiger partial charge in [0, 0.05) is 17.1 Å². The van der Waals surface area contributed by atoms with Crippen LogP contribution in [0, 0.1) is 0 Å². The van der Waals surface area contributed by atoms with Crippen molar-refractivity contribution in [2.24, 2.45) is 0 Å². The standard InChI is InChI=1S/C21H21NO3S/c1-2-25-21(24)16-11-12-22(17-9-5-4-8-15(16)17)20(23)19-13-14-7-3-6-10-18(14)26-19/h3-10,16,19H,2,11-13H2,1H3. The molecule has 0 saturated carbocycles. The number of carbonyl (C=O) groups excluding carboxylic acids is 2. The van der Waals surface area contributed by atoms with Gasteiger partial charge in [-0.3, -0.25) is 9.59 Å². The summed E-state index contributed by atoms with van der Waals surface area (Å²) in [4.78, 5) is 28.6. The summed E-state index contributed by atoms with van der Waals surface area (Å²) in [5.74, 6) is -0.362. The molecule has 0 spiro atoms. The smallest absolute Gasteiger partial charge is 0.313 e. The number of benzene rings is 2. The maximum Gasteiger partial charge on any atom is 0.313 e. The van der Waals surface area contributed by atoms with Gasteiger partial charge in [0.15, 0.2) is 0 Å². The third-order valence-corrected chi connectivity index (χ3v) is 6.31. The highest BCUT2D eigenvalue weighted by Gasteiger charge is 2.37. The van der Waals surface area contributed by atoms with Gasteiger partial charge in [-0.25, -0.2) is 0 Å². The Hall–Kier alpha value is -2.27. The molecule has 2 atom stereocenters. The number of amides is 1. The minimum absolute atomic E-state index is 0.0976. The number of carbonyl (C=O) groups is 2. The minimum Gasteiger partial charge on any atom is -0.466 e. The number of fused-ring (bicyclic) bond motifs is 2. The van der Waals surface area contributed by atoms with Crippen molar-refractivity contribution in [1.82, 2.24) is 0 Å². The molecule has 26 heavy (non-hydrogen) atoms. The van der Waals surface area contributed by atoms with E-state index < -0.39 is 0 Å². The van der Waals surface area contributed by atoms with Crippen molar-refractivity contribution in [3.63, 3.8) is 0 Å². The van der Waals surface area contributed by atoms with E-state index in [-0.39, 0.29) is 23.0 Å². The van der Waals surface area contributed by atoms with Crippen molar-refractivity contribution in [2.75, 3.05) is 18.1 Å². The van der Waals surface area contributed by atoms with Crippen LogP contribution in [0.4, 0.5) is 5.69 Å². The normalized spacial score (nSPS) is 21.0. The Kier molecular flexibility index (Phi) is 4.72. The molecule has 0 saturated heterocycles. The lowest BCUT2D eigenvalue weighted by Crippen LogP contribution is -2.42. The molecule has 0 aliphatic carbocycles. The molecule has 0 radical (unpaired) electrons. The number of rotatable bonds is 3. The van der Waals surface area contributed by atoms with Gasteiger partial charge in [-0.15, -0.1) is 11.8 Å². The third-order valence-electron chi connectivity index (χ3n) is 5.00. The second kappa shape index (κ2) is 7.16. The monoisotopic (exact) mass is 367 g/mol. The number of esters is 1. The van der Waals surface area contributed by atoms with Gasteiger partial charge in [-0.1, -0.05) is 36.4 Å². The van der Waals surface area contributed by atoms with E-state index in [0.717, 1.165) is 17.7 Å². The van der Waals surface area contributed by atoms with E-state index >= 15 is 0 Å². The number of nitrogens with zero attached hydrogens (tertiary/aromatic N) is 1. The minimum atomic E-state index is -0.288. The Bertz CT molecular complexity index is 826. The van der Waals surface area contributed by atoms with Gasteiger partial charge in [-0.2, -0.15) is 0 Å². The Morgan fingerprint density at radius 1 is 1.15 bits per heavy atom. The molecule has 2 unspecified atom stereocenters. The van der Waals surface area contributed by atoms with Crippen LogP contribution >= 0.6 is 11.8 Å². The van der Waals surface area contributed by atoms with Crippen molar-refractivity contribution in [3.05, 3.63) is 59.7 Å². The fourth-order valence-electron chi connectivity index (χ4n) is 3.77. The Balaban J connectivity index is 1.59. The first-order valence-electron chi connectivity index (χ1n) is 9.00. The summed E-state index contributed by atoms with van der Waals surface area (Å²) in [7, 11) is 0. The molecule has 4 rings (SSSR count). The largest absolute Gasteiger partial charge is 0.466 e. The van der Waals surface area contributed by atoms with Crippen LogP contribution in [0.25, 0.3) is 0 Å². The summed E-state index contributed by atoms with van der Waals surface area (Å²) < 4.78 is 5.23. The van der Waals surface area contributed by atoms with Gasteiger partial charge < -0.3 is 9.64 Å². The van der Waals surface area contributed by atoms with Crippen LogP contribution in [0.1, 0.15) is 30.4 Å². The van der Waals surface area contributed by atoms with Crippen LogP contribution < -0.4 is 4.90 Å². The van der Waals surface area contributed by atoms with E-state index in [1.807, 2.05) is 48.2 Å². The number of hydrogen-bond acceptors (Lipinski definition) is 4. The van der Waals surface area contributed by atoms with Gasteiger partial charge in [-0.05, 0) is 43.0 Å². The zero-order valence-electron chi connectivity index (χ0n) is 14.7. The van der Waals surface area contributed by atoms with Crippen LogP contribution in [0.2, 0.25) is 0 Å². The Morgan fingerprint density at radius 2 is 1.92 bits per heavy atom. The van der Waals surface area contributed by atoms with Gasteiger partial charge in [0.05, 0.1) is 17.8 Å². The fourth-order valence-corrected chi connectivity index (χ4v) is 5.03. The summed E-state index contributed by atoms with van der Waals surface area (Å²) in [6.45, 7) is 2.74. The SMILES string of the molecule is CCOC(=O)C1CCN(C(=O)C2Cc3ccccc3S2)c2ccccc21. The van der Waals surface area contributed by atoms with E-state index in [2.05, 4.69) is 12.1 Å². The molecule has 2 aromatic carbocycles. The van der Waals surface area contributed by atoms with Crippen LogP contribution in [0.3, 0.4) is 0 Å². The molecule has 2 heterocycles. The lowest BCUT2D eigenvalue weighted by atomic mass is 9.89. The number of anilines is 1. The van der Waals surface area contributed by atoms with Crippen molar-refractivity contribution >= 4 is 29.3 Å². The van der Waals surface area contributed by atoms with Crippen molar-refractivity contribution in [1.29, 1.82) is 0 Å². The summed E-state index contributed by atoms with van der Waals surface area (Å²) >= 11 is 1.64. The summed E-state index contributed by atoms with van der Waals surface area (Å²) in [6.07, 6.45) is 1.37. The topological polar surface area (TPSA) is 46.6 Å². The molecule has 1 amide bonds. The molecule has 0 N–H and O–H groups in total. The van der Waals surface area contributed by atoms with Crippen LogP contribution in [-0.4, -0.2) is 30.3 Å². The predicted molar refractivity (Wildman–Crippen MR) is 103 cm³/mol. The number of thioether (sulfide) groups is 1. The predicted octanol–water partition coefficient (Wildman–Crippen LogP) is 3.79. The zero-order chi connectivity index (χ0) is 18.1. The summed E-state index contributed by atoms with van der Waals surface area (Å²) in [5.41, 5.74) is 2.98. The molecular formula is C21H21NO3S. The van der Waals surface area contributed by atoms with E-state index in [1.165, 1.54) is 10.5 Å². The van der Waals surface area contributed by atoms with Gasteiger partial charge in [0.1, 0.15) is 0 Å². The number of hydrogen-bond donors (Lipinski definition) is 0. The molecule has 0 fully saturated rings. The molecular weight excluding hydrogens is 346 g/mol. The maximum absolute atomic E-state index is 13.2. The molecule has 2 aromatic rings. The lowest BCUT2D eigenvalue weighted by Gasteiger charge is -2.34. The molecule has 2 aliphatic rings. The van der Waals surface area contributed by atoms with Gasteiger partial charge in [0.2, 0.25) is 5.91 Å². The molecule has 134 valence electrons. The molecule has 4 nitrogen and oxygen atoms in total. The number of para-hydroxylation sites is 1. The fraction of sp³-hybridized carbons (Fsp3) is 0.333. The highest BCUT2D eigenvalue weighted by atomic mass is 32.2. The highest BCUT2D eigenvalue weighted by Crippen LogP contribution is 2.41. The van der Waals surface area contributed by atoms with E-state index in [9.17, 15) is 9.59 Å². The lowest BCUT2D eigenvalue weighted by molar-refractivity contribution is -0.145. The summed E-state index contributed by atoms with van der Waals surface area (Å²) in [5, 5.41) is -0.0976. The van der Waals surface area contributed by atoms with Gasteiger partial charge in [0.25, 0.3) is 0 Å². The Morgan fingerprint density at radius 3 is 2.73 bits per heavy atom. The van der Waals surface area contributed by atoms with E-state index in [1.54, 1.807) is 11.8 Å². The molecule has 2 aliphatic heterocycles. The second-order valence-corrected chi connectivity index (χ2v) is 7.80. The molecule has 0 aromatic heterocycles. The quantitative estimate of drug-likeness (QED) is 0.775.